The van der Waals surface area contributed by atoms with Gasteiger partial charge in [0.2, 0.25) is 11.9 Å². The Morgan fingerprint density at radius 2 is 1.90 bits per heavy atom. The molecule has 0 saturated carbocycles. The number of anilines is 2. The molecule has 2 amide bonds. The van der Waals surface area contributed by atoms with E-state index in [-0.39, 0.29) is 11.6 Å². The Morgan fingerprint density at radius 3 is 2.57 bits per heavy atom. The monoisotopic (exact) mass is 287 g/mol. The third-order valence-electron chi connectivity index (χ3n) is 2.75. The van der Waals surface area contributed by atoms with Crippen molar-refractivity contribution < 1.29 is 14.0 Å². The minimum Gasteiger partial charge on any atom is -0.326 e. The van der Waals surface area contributed by atoms with Gasteiger partial charge in [0.15, 0.2) is 0 Å². The Hall–Kier alpha value is -2.76. The molecule has 0 aliphatic rings. The summed E-state index contributed by atoms with van der Waals surface area (Å²) in [5.41, 5.74) is 1.89. The minimum absolute atomic E-state index is 0.0145. The van der Waals surface area contributed by atoms with Crippen molar-refractivity contribution in [2.75, 3.05) is 10.6 Å². The van der Waals surface area contributed by atoms with Crippen LogP contribution in [0.15, 0.2) is 36.4 Å². The Bertz CT molecular complexity index is 701. The zero-order chi connectivity index (χ0) is 15.4. The van der Waals surface area contributed by atoms with Gasteiger partial charge in [-0.3, -0.25) is 9.59 Å². The summed E-state index contributed by atoms with van der Waals surface area (Å²) in [5.74, 6) is -1.44. The summed E-state index contributed by atoms with van der Waals surface area (Å²) < 4.78 is 13.0. The number of aromatic nitrogens is 1. The molecule has 0 radical (unpaired) electrons. The van der Waals surface area contributed by atoms with E-state index in [2.05, 4.69) is 15.6 Å². The van der Waals surface area contributed by atoms with E-state index >= 15 is 0 Å². The lowest BCUT2D eigenvalue weighted by Gasteiger charge is -2.10. The van der Waals surface area contributed by atoms with Crippen molar-refractivity contribution in [1.82, 2.24) is 4.98 Å². The summed E-state index contributed by atoms with van der Waals surface area (Å²) in [7, 11) is 0. The number of aryl methyl sites for hydroxylation is 1. The van der Waals surface area contributed by atoms with Crippen molar-refractivity contribution in [3.8, 4) is 0 Å². The van der Waals surface area contributed by atoms with Crippen LogP contribution in [-0.2, 0) is 4.79 Å². The molecule has 0 unspecified atom stereocenters. The van der Waals surface area contributed by atoms with Crippen molar-refractivity contribution in [1.29, 1.82) is 0 Å². The highest BCUT2D eigenvalue weighted by atomic mass is 19.1. The lowest BCUT2D eigenvalue weighted by Crippen LogP contribution is -2.15. The van der Waals surface area contributed by atoms with Crippen LogP contribution in [0.2, 0.25) is 0 Å². The highest BCUT2D eigenvalue weighted by Crippen LogP contribution is 2.21. The van der Waals surface area contributed by atoms with Crippen LogP contribution in [-0.4, -0.2) is 16.8 Å². The van der Waals surface area contributed by atoms with Crippen molar-refractivity contribution in [3.63, 3.8) is 0 Å². The quantitative estimate of drug-likeness (QED) is 0.853. The number of rotatable bonds is 3. The van der Waals surface area contributed by atoms with E-state index in [1.807, 2.05) is 6.92 Å². The molecule has 1 aromatic heterocycles. The van der Waals surface area contributed by atoms with Gasteiger partial charge >= 0.3 is 0 Å². The summed E-state index contributed by atoms with van der Waals surface area (Å²) >= 11 is 0. The molecular weight excluding hydrogens is 273 g/mol. The van der Waals surface area contributed by atoms with Gasteiger partial charge in [-0.05, 0) is 36.8 Å². The number of nitrogens with one attached hydrogen (secondary N) is 2. The molecule has 0 bridgehead atoms. The molecule has 2 N–H and O–H groups in total. The van der Waals surface area contributed by atoms with E-state index in [9.17, 15) is 14.0 Å². The van der Waals surface area contributed by atoms with Crippen molar-refractivity contribution in [3.05, 3.63) is 53.6 Å². The van der Waals surface area contributed by atoms with E-state index in [1.54, 1.807) is 18.2 Å². The first-order valence-electron chi connectivity index (χ1n) is 6.28. The SMILES string of the molecule is CC(=O)Nc1ccc(C)c(NC(=O)c2cccc(F)n2)c1. The van der Waals surface area contributed by atoms with Crippen LogP contribution in [0, 0.1) is 12.9 Å². The molecule has 5 nitrogen and oxygen atoms in total. The third-order valence-corrected chi connectivity index (χ3v) is 2.75. The molecule has 6 heteroatoms. The average molecular weight is 287 g/mol. The molecule has 0 saturated heterocycles. The van der Waals surface area contributed by atoms with Gasteiger partial charge in [0.1, 0.15) is 5.69 Å². The predicted molar refractivity (Wildman–Crippen MR) is 77.6 cm³/mol. The van der Waals surface area contributed by atoms with Crippen LogP contribution < -0.4 is 10.6 Å². The average Bonchev–Trinajstić information content (AvgIpc) is 2.42. The molecule has 0 atom stereocenters. The Balaban J connectivity index is 2.22. The number of carbonyl (C=O) groups excluding carboxylic acids is 2. The number of pyridine rings is 1. The Morgan fingerprint density at radius 1 is 1.14 bits per heavy atom. The molecule has 2 rings (SSSR count). The first-order valence-corrected chi connectivity index (χ1v) is 6.28. The van der Waals surface area contributed by atoms with Crippen LogP contribution in [0.5, 0.6) is 0 Å². The number of nitrogens with zero attached hydrogens (tertiary/aromatic N) is 1. The summed E-state index contributed by atoms with van der Waals surface area (Å²) in [6.07, 6.45) is 0. The fourth-order valence-electron chi connectivity index (χ4n) is 1.76. The number of carbonyl (C=O) groups is 2. The van der Waals surface area contributed by atoms with Gasteiger partial charge < -0.3 is 10.6 Å². The van der Waals surface area contributed by atoms with Crippen LogP contribution in [0.25, 0.3) is 0 Å². The Kier molecular flexibility index (Phi) is 4.27. The molecule has 1 heterocycles. The highest BCUT2D eigenvalue weighted by Gasteiger charge is 2.10. The maximum atomic E-state index is 13.0. The molecule has 108 valence electrons. The van der Waals surface area contributed by atoms with Crippen molar-refractivity contribution >= 4 is 23.2 Å². The van der Waals surface area contributed by atoms with Gasteiger partial charge in [0.25, 0.3) is 5.91 Å². The molecule has 0 aliphatic carbocycles. The van der Waals surface area contributed by atoms with Gasteiger partial charge in [-0.15, -0.1) is 0 Å². The molecule has 1 aromatic carbocycles. The highest BCUT2D eigenvalue weighted by molar-refractivity contribution is 6.03. The summed E-state index contributed by atoms with van der Waals surface area (Å²) in [4.78, 5) is 26.6. The summed E-state index contributed by atoms with van der Waals surface area (Å²) in [6, 6.07) is 9.13. The zero-order valence-electron chi connectivity index (χ0n) is 11.6. The molecular formula is C15H14FN3O2. The molecule has 0 aliphatic heterocycles. The van der Waals surface area contributed by atoms with Gasteiger partial charge in [0.05, 0.1) is 0 Å². The lowest BCUT2D eigenvalue weighted by atomic mass is 10.1. The van der Waals surface area contributed by atoms with E-state index in [1.165, 1.54) is 25.1 Å². The fourth-order valence-corrected chi connectivity index (χ4v) is 1.76. The Labute approximate surface area is 121 Å². The van der Waals surface area contributed by atoms with Crippen molar-refractivity contribution in [2.45, 2.75) is 13.8 Å². The first-order chi connectivity index (χ1) is 9.95. The number of hydrogen-bond acceptors (Lipinski definition) is 3. The zero-order valence-corrected chi connectivity index (χ0v) is 11.6. The van der Waals surface area contributed by atoms with Gasteiger partial charge in [0, 0.05) is 18.3 Å². The topological polar surface area (TPSA) is 71.1 Å². The smallest absolute Gasteiger partial charge is 0.274 e. The first kappa shape index (κ1) is 14.6. The van der Waals surface area contributed by atoms with E-state index in [0.29, 0.717) is 11.4 Å². The van der Waals surface area contributed by atoms with Gasteiger partial charge in [-0.1, -0.05) is 12.1 Å². The number of benzene rings is 1. The summed E-state index contributed by atoms with van der Waals surface area (Å²) in [5, 5.41) is 5.28. The minimum atomic E-state index is -0.716. The second-order valence-electron chi connectivity index (χ2n) is 4.51. The van der Waals surface area contributed by atoms with E-state index in [4.69, 9.17) is 0 Å². The maximum Gasteiger partial charge on any atom is 0.274 e. The fraction of sp³-hybridized carbons (Fsp3) is 0.133. The number of amides is 2. The van der Waals surface area contributed by atoms with Crippen molar-refractivity contribution in [2.24, 2.45) is 0 Å². The third kappa shape index (κ3) is 3.85. The number of halogens is 1. The van der Waals surface area contributed by atoms with Gasteiger partial charge in [-0.2, -0.15) is 4.39 Å². The van der Waals surface area contributed by atoms with Gasteiger partial charge in [-0.25, -0.2) is 4.98 Å². The number of hydrogen-bond donors (Lipinski definition) is 2. The van der Waals surface area contributed by atoms with Crippen LogP contribution in [0.4, 0.5) is 15.8 Å². The largest absolute Gasteiger partial charge is 0.326 e. The summed E-state index contributed by atoms with van der Waals surface area (Å²) in [6.45, 7) is 3.21. The molecule has 2 aromatic rings. The molecule has 21 heavy (non-hydrogen) atoms. The second-order valence-corrected chi connectivity index (χ2v) is 4.51. The second kappa shape index (κ2) is 6.13. The van der Waals surface area contributed by atoms with E-state index < -0.39 is 11.9 Å². The lowest BCUT2D eigenvalue weighted by molar-refractivity contribution is -0.114. The standard InChI is InChI=1S/C15H14FN3O2/c1-9-6-7-11(17-10(2)20)8-13(9)19-15(21)12-4-3-5-14(16)18-12/h3-8H,1-2H3,(H,17,20)(H,19,21). The van der Waals surface area contributed by atoms with E-state index in [0.717, 1.165) is 5.56 Å². The van der Waals surface area contributed by atoms with Crippen LogP contribution in [0.1, 0.15) is 23.0 Å². The molecule has 0 spiro atoms. The normalized spacial score (nSPS) is 10.0. The van der Waals surface area contributed by atoms with Crippen LogP contribution in [0.3, 0.4) is 0 Å². The maximum absolute atomic E-state index is 13.0. The predicted octanol–water partition coefficient (Wildman–Crippen LogP) is 2.74. The van der Waals surface area contributed by atoms with Crippen LogP contribution >= 0.6 is 0 Å². The molecule has 0 fully saturated rings.